The van der Waals surface area contributed by atoms with E-state index in [9.17, 15) is 9.90 Å². The molecule has 0 spiro atoms. The van der Waals surface area contributed by atoms with Crippen molar-refractivity contribution in [3.8, 4) is 11.5 Å². The molecule has 0 heterocycles. The van der Waals surface area contributed by atoms with Crippen LogP contribution in [0.1, 0.15) is 0 Å². The third kappa shape index (κ3) is 3.60. The molecule has 0 saturated heterocycles. The second kappa shape index (κ2) is 6.70. The standard InChI is InChI=1S/C15H12Cl2O4/c16-13(17)15(14(18)19,20-11-7-3-1-4-8-11)21-12-9-5-2-6-10-12/h1-10,13H,(H,18,19). The van der Waals surface area contributed by atoms with E-state index in [1.54, 1.807) is 60.7 Å². The molecule has 0 aliphatic carbocycles. The molecule has 0 aliphatic rings. The van der Waals surface area contributed by atoms with Crippen molar-refractivity contribution in [3.63, 3.8) is 0 Å². The number of hydrogen-bond donors (Lipinski definition) is 1. The molecule has 0 radical (unpaired) electrons. The third-order valence-electron chi connectivity index (χ3n) is 2.61. The van der Waals surface area contributed by atoms with E-state index in [4.69, 9.17) is 32.7 Å². The lowest BCUT2D eigenvalue weighted by atomic mass is 10.2. The molecule has 0 unspecified atom stereocenters. The van der Waals surface area contributed by atoms with Gasteiger partial charge in [0.25, 0.3) is 0 Å². The van der Waals surface area contributed by atoms with Crippen molar-refractivity contribution in [2.45, 2.75) is 10.6 Å². The van der Waals surface area contributed by atoms with Crippen LogP contribution < -0.4 is 9.47 Å². The van der Waals surface area contributed by atoms with Gasteiger partial charge in [-0.25, -0.2) is 4.79 Å². The molecule has 1 N–H and O–H groups in total. The molecule has 6 heteroatoms. The van der Waals surface area contributed by atoms with Gasteiger partial charge in [0.1, 0.15) is 11.5 Å². The molecule has 0 aliphatic heterocycles. The van der Waals surface area contributed by atoms with E-state index in [2.05, 4.69) is 0 Å². The van der Waals surface area contributed by atoms with Gasteiger partial charge >= 0.3 is 11.8 Å². The Labute approximate surface area is 131 Å². The zero-order valence-corrected chi connectivity index (χ0v) is 12.3. The minimum atomic E-state index is -2.24. The Bertz CT molecular complexity index is 546. The molecule has 2 rings (SSSR count). The van der Waals surface area contributed by atoms with Crippen LogP contribution in [-0.2, 0) is 4.79 Å². The number of carboxylic acids is 1. The van der Waals surface area contributed by atoms with E-state index in [1.807, 2.05) is 0 Å². The Kier molecular flexibility index (Phi) is 4.94. The van der Waals surface area contributed by atoms with Gasteiger partial charge in [0.15, 0.2) is 4.84 Å². The molecule has 4 nitrogen and oxygen atoms in total. The van der Waals surface area contributed by atoms with Gasteiger partial charge in [-0.15, -0.1) is 0 Å². The molecule has 0 bridgehead atoms. The van der Waals surface area contributed by atoms with E-state index in [1.165, 1.54) is 0 Å². The van der Waals surface area contributed by atoms with Crippen molar-refractivity contribution in [1.29, 1.82) is 0 Å². The van der Waals surface area contributed by atoms with Crippen LogP contribution in [0.2, 0.25) is 0 Å². The van der Waals surface area contributed by atoms with Crippen molar-refractivity contribution in [2.75, 3.05) is 0 Å². The van der Waals surface area contributed by atoms with Gasteiger partial charge in [-0.3, -0.25) is 0 Å². The normalized spacial score (nSPS) is 11.2. The van der Waals surface area contributed by atoms with Crippen LogP contribution in [0, 0.1) is 0 Å². The highest BCUT2D eigenvalue weighted by Gasteiger charge is 2.51. The topological polar surface area (TPSA) is 55.8 Å². The molecule has 21 heavy (non-hydrogen) atoms. The molecule has 0 amide bonds. The lowest BCUT2D eigenvalue weighted by Gasteiger charge is -2.31. The van der Waals surface area contributed by atoms with Gasteiger partial charge in [0.2, 0.25) is 0 Å². The number of rotatable bonds is 6. The average molecular weight is 327 g/mol. The zero-order valence-electron chi connectivity index (χ0n) is 10.8. The first-order valence-corrected chi connectivity index (χ1v) is 6.91. The van der Waals surface area contributed by atoms with Crippen molar-refractivity contribution >= 4 is 29.2 Å². The summed E-state index contributed by atoms with van der Waals surface area (Å²) in [5.41, 5.74) is 0. The first-order chi connectivity index (χ1) is 10.0. The predicted molar refractivity (Wildman–Crippen MR) is 80.0 cm³/mol. The summed E-state index contributed by atoms with van der Waals surface area (Å²) in [6, 6.07) is 16.7. The van der Waals surface area contributed by atoms with E-state index < -0.39 is 16.6 Å². The Morgan fingerprint density at radius 2 is 1.29 bits per heavy atom. The Balaban J connectivity index is 2.36. The fourth-order valence-electron chi connectivity index (χ4n) is 1.62. The number of benzene rings is 2. The number of halogens is 2. The summed E-state index contributed by atoms with van der Waals surface area (Å²) in [5.74, 6) is -3.11. The predicted octanol–water partition coefficient (Wildman–Crippen LogP) is 3.73. The lowest BCUT2D eigenvalue weighted by Crippen LogP contribution is -2.55. The largest absolute Gasteiger partial charge is 0.475 e. The fraction of sp³-hybridized carbons (Fsp3) is 0.133. The average Bonchev–Trinajstić information content (AvgIpc) is 2.48. The summed E-state index contributed by atoms with van der Waals surface area (Å²) < 4.78 is 10.9. The SMILES string of the molecule is O=C(O)C(Oc1ccccc1)(Oc1ccccc1)C(Cl)Cl. The number of alkyl halides is 2. The van der Waals surface area contributed by atoms with Gasteiger partial charge < -0.3 is 14.6 Å². The lowest BCUT2D eigenvalue weighted by molar-refractivity contribution is -0.182. The highest BCUT2D eigenvalue weighted by Crippen LogP contribution is 2.31. The molecular weight excluding hydrogens is 315 g/mol. The molecule has 110 valence electrons. The van der Waals surface area contributed by atoms with Gasteiger partial charge in [0, 0.05) is 0 Å². The van der Waals surface area contributed by atoms with Crippen molar-refractivity contribution < 1.29 is 19.4 Å². The van der Waals surface area contributed by atoms with Crippen LogP contribution >= 0.6 is 23.2 Å². The highest BCUT2D eigenvalue weighted by atomic mass is 35.5. The molecule has 2 aromatic rings. The summed E-state index contributed by atoms with van der Waals surface area (Å²) >= 11 is 11.7. The third-order valence-corrected chi connectivity index (χ3v) is 3.19. The van der Waals surface area contributed by atoms with Gasteiger partial charge in [-0.05, 0) is 24.3 Å². The van der Waals surface area contributed by atoms with Crippen molar-refractivity contribution in [1.82, 2.24) is 0 Å². The smallest absolute Gasteiger partial charge is 0.393 e. The Morgan fingerprint density at radius 1 is 0.905 bits per heavy atom. The Hall–Kier alpha value is -1.91. The molecule has 2 aromatic carbocycles. The quantitative estimate of drug-likeness (QED) is 0.649. The van der Waals surface area contributed by atoms with E-state index in [0.717, 1.165) is 0 Å². The summed E-state index contributed by atoms with van der Waals surface area (Å²) in [6.07, 6.45) is 0. The number of ether oxygens (including phenoxy) is 2. The first kappa shape index (κ1) is 15.5. The number of para-hydroxylation sites is 2. The maximum absolute atomic E-state index is 11.7. The Morgan fingerprint density at radius 3 is 1.57 bits per heavy atom. The summed E-state index contributed by atoms with van der Waals surface area (Å²) in [6.45, 7) is 0. The number of carboxylic acid groups (broad SMARTS) is 1. The summed E-state index contributed by atoms with van der Waals surface area (Å²) in [5, 5.41) is 9.50. The molecular formula is C15H12Cl2O4. The van der Waals surface area contributed by atoms with Crippen LogP contribution in [-0.4, -0.2) is 21.7 Å². The number of aliphatic carboxylic acids is 1. The number of carbonyl (C=O) groups is 1. The van der Waals surface area contributed by atoms with Gasteiger partial charge in [0.05, 0.1) is 0 Å². The second-order valence-electron chi connectivity index (χ2n) is 4.10. The minimum absolute atomic E-state index is 0.280. The summed E-state index contributed by atoms with van der Waals surface area (Å²) in [7, 11) is 0. The van der Waals surface area contributed by atoms with Gasteiger partial charge in [-0.1, -0.05) is 59.6 Å². The molecule has 0 aromatic heterocycles. The maximum atomic E-state index is 11.7. The number of hydrogen-bond acceptors (Lipinski definition) is 3. The fourth-order valence-corrected chi connectivity index (χ4v) is 1.98. The molecule has 0 saturated carbocycles. The van der Waals surface area contributed by atoms with E-state index in [0.29, 0.717) is 0 Å². The van der Waals surface area contributed by atoms with Crippen LogP contribution in [0.25, 0.3) is 0 Å². The second-order valence-corrected chi connectivity index (χ2v) is 5.20. The van der Waals surface area contributed by atoms with Crippen LogP contribution in [0.3, 0.4) is 0 Å². The van der Waals surface area contributed by atoms with Crippen LogP contribution in [0.15, 0.2) is 60.7 Å². The van der Waals surface area contributed by atoms with E-state index >= 15 is 0 Å². The first-order valence-electron chi connectivity index (χ1n) is 6.04. The van der Waals surface area contributed by atoms with Gasteiger partial charge in [-0.2, -0.15) is 0 Å². The summed E-state index contributed by atoms with van der Waals surface area (Å²) in [4.78, 5) is 10.2. The van der Waals surface area contributed by atoms with Crippen LogP contribution in [0.5, 0.6) is 11.5 Å². The minimum Gasteiger partial charge on any atom is -0.475 e. The molecule has 0 atom stereocenters. The zero-order chi connectivity index (χ0) is 15.3. The van der Waals surface area contributed by atoms with Crippen molar-refractivity contribution in [3.05, 3.63) is 60.7 Å². The van der Waals surface area contributed by atoms with Crippen molar-refractivity contribution in [2.24, 2.45) is 0 Å². The van der Waals surface area contributed by atoms with Crippen LogP contribution in [0.4, 0.5) is 0 Å². The molecule has 0 fully saturated rings. The highest BCUT2D eigenvalue weighted by molar-refractivity contribution is 6.46. The van der Waals surface area contributed by atoms with E-state index in [-0.39, 0.29) is 11.5 Å². The maximum Gasteiger partial charge on any atom is 0.393 e. The monoisotopic (exact) mass is 326 g/mol.